The zero-order chi connectivity index (χ0) is 25.9. The van der Waals surface area contributed by atoms with Gasteiger partial charge in [0.1, 0.15) is 5.70 Å². The number of nitrogens with one attached hydrogen (secondary N) is 2. The Morgan fingerprint density at radius 1 is 0.944 bits per heavy atom. The van der Waals surface area contributed by atoms with Gasteiger partial charge in [0.15, 0.2) is 0 Å². The third-order valence-corrected chi connectivity index (χ3v) is 5.32. The average Bonchev–Trinajstić information content (AvgIpc) is 2.90. The molecule has 36 heavy (non-hydrogen) atoms. The van der Waals surface area contributed by atoms with Crippen molar-refractivity contribution in [3.63, 3.8) is 0 Å². The van der Waals surface area contributed by atoms with Gasteiger partial charge < -0.3 is 10.2 Å². The normalized spacial score (nSPS) is 11.2. The third-order valence-electron chi connectivity index (χ3n) is 5.32. The standard InChI is InChI=1S/C27H27N5O4/c1-3-31(4-2)23-15-13-20(14-16-23)18-25(29-26(33)22-10-6-5-7-11-22)27(34)30-28-19-21-9-8-12-24(17-21)32(35)36/h5-19H,3-4H2,1-2H3,(H,29,33)(H,30,34)/b25-18-,28-19?. The molecule has 3 rings (SSSR count). The number of carbonyl (C=O) groups is 2. The maximum atomic E-state index is 12.9. The summed E-state index contributed by atoms with van der Waals surface area (Å²) in [5, 5.41) is 17.5. The first-order chi connectivity index (χ1) is 17.4. The highest BCUT2D eigenvalue weighted by Gasteiger charge is 2.14. The van der Waals surface area contributed by atoms with E-state index in [0.717, 1.165) is 18.8 Å². The molecule has 0 aliphatic carbocycles. The number of carbonyl (C=O) groups excluding carboxylic acids is 2. The molecule has 9 heteroatoms. The van der Waals surface area contributed by atoms with Crippen LogP contribution < -0.4 is 15.6 Å². The van der Waals surface area contributed by atoms with Gasteiger partial charge in [-0.15, -0.1) is 0 Å². The second-order valence-corrected chi connectivity index (χ2v) is 7.69. The lowest BCUT2D eigenvalue weighted by molar-refractivity contribution is -0.384. The largest absolute Gasteiger partial charge is 0.372 e. The molecule has 3 aromatic carbocycles. The minimum Gasteiger partial charge on any atom is -0.372 e. The number of nitro groups is 1. The Hall–Kier alpha value is -4.79. The number of non-ortho nitro benzene ring substituents is 1. The quantitative estimate of drug-likeness (QED) is 0.191. The SMILES string of the molecule is CCN(CC)c1ccc(/C=C(\NC(=O)c2ccccc2)C(=O)NN=Cc2cccc([N+](=O)[O-])c2)cc1. The summed E-state index contributed by atoms with van der Waals surface area (Å²) in [6, 6.07) is 22.0. The Morgan fingerprint density at radius 2 is 1.64 bits per heavy atom. The number of nitrogens with zero attached hydrogens (tertiary/aromatic N) is 3. The second kappa shape index (κ2) is 12.6. The fourth-order valence-electron chi connectivity index (χ4n) is 3.42. The van der Waals surface area contributed by atoms with E-state index in [4.69, 9.17) is 0 Å². The molecule has 2 N–H and O–H groups in total. The van der Waals surface area contributed by atoms with Crippen LogP contribution in [0.15, 0.2) is 89.7 Å². The van der Waals surface area contributed by atoms with Crippen molar-refractivity contribution in [3.05, 3.63) is 111 Å². The minimum absolute atomic E-state index is 0.00404. The molecule has 9 nitrogen and oxygen atoms in total. The monoisotopic (exact) mass is 485 g/mol. The van der Waals surface area contributed by atoms with Gasteiger partial charge in [0, 0.05) is 42.0 Å². The van der Waals surface area contributed by atoms with Crippen molar-refractivity contribution in [2.45, 2.75) is 13.8 Å². The lowest BCUT2D eigenvalue weighted by Gasteiger charge is -2.20. The predicted molar refractivity (Wildman–Crippen MR) is 141 cm³/mol. The highest BCUT2D eigenvalue weighted by Crippen LogP contribution is 2.17. The van der Waals surface area contributed by atoms with Crippen LogP contribution >= 0.6 is 0 Å². The summed E-state index contributed by atoms with van der Waals surface area (Å²) >= 11 is 0. The Labute approximate surface area is 209 Å². The highest BCUT2D eigenvalue weighted by molar-refractivity contribution is 6.05. The van der Waals surface area contributed by atoms with Crippen molar-refractivity contribution >= 4 is 35.5 Å². The van der Waals surface area contributed by atoms with Crippen molar-refractivity contribution in [2.75, 3.05) is 18.0 Å². The van der Waals surface area contributed by atoms with Crippen LogP contribution in [-0.4, -0.2) is 36.0 Å². The van der Waals surface area contributed by atoms with E-state index in [0.29, 0.717) is 16.7 Å². The number of anilines is 1. The summed E-state index contributed by atoms with van der Waals surface area (Å²) in [5.41, 5.74) is 4.89. The molecule has 0 fully saturated rings. The number of amides is 2. The lowest BCUT2D eigenvalue weighted by Crippen LogP contribution is -2.32. The van der Waals surface area contributed by atoms with E-state index in [1.54, 1.807) is 42.5 Å². The van der Waals surface area contributed by atoms with Gasteiger partial charge in [0.25, 0.3) is 17.5 Å². The van der Waals surface area contributed by atoms with Crippen molar-refractivity contribution < 1.29 is 14.5 Å². The Bertz CT molecular complexity index is 1270. The minimum atomic E-state index is -0.645. The fourth-order valence-corrected chi connectivity index (χ4v) is 3.42. The van der Waals surface area contributed by atoms with Crippen LogP contribution in [0, 0.1) is 10.1 Å². The topological polar surface area (TPSA) is 117 Å². The van der Waals surface area contributed by atoms with Gasteiger partial charge >= 0.3 is 0 Å². The number of hydrogen-bond acceptors (Lipinski definition) is 6. The summed E-state index contributed by atoms with van der Waals surface area (Å²) in [7, 11) is 0. The lowest BCUT2D eigenvalue weighted by atomic mass is 10.1. The number of hydrazone groups is 1. The van der Waals surface area contributed by atoms with E-state index in [1.165, 1.54) is 24.4 Å². The Kier molecular flexibility index (Phi) is 9.05. The van der Waals surface area contributed by atoms with Gasteiger partial charge in [-0.2, -0.15) is 5.10 Å². The second-order valence-electron chi connectivity index (χ2n) is 7.69. The van der Waals surface area contributed by atoms with Crippen LogP contribution in [0.4, 0.5) is 11.4 Å². The van der Waals surface area contributed by atoms with E-state index in [1.807, 2.05) is 24.3 Å². The van der Waals surface area contributed by atoms with Crippen LogP contribution in [0.25, 0.3) is 6.08 Å². The molecule has 0 aliphatic heterocycles. The molecule has 0 saturated heterocycles. The number of hydrogen-bond donors (Lipinski definition) is 2. The molecule has 0 heterocycles. The van der Waals surface area contributed by atoms with E-state index in [-0.39, 0.29) is 11.4 Å². The molecular formula is C27H27N5O4. The van der Waals surface area contributed by atoms with Crippen molar-refractivity contribution in [1.82, 2.24) is 10.7 Å². The molecule has 2 amide bonds. The summed E-state index contributed by atoms with van der Waals surface area (Å²) in [5.74, 6) is -1.09. The number of nitro benzene ring substituents is 1. The van der Waals surface area contributed by atoms with Crippen LogP contribution in [0.2, 0.25) is 0 Å². The van der Waals surface area contributed by atoms with Crippen LogP contribution in [0.1, 0.15) is 35.3 Å². The molecule has 184 valence electrons. The van der Waals surface area contributed by atoms with Gasteiger partial charge in [-0.05, 0) is 49.8 Å². The third kappa shape index (κ3) is 7.10. The molecule has 0 atom stereocenters. The Balaban J connectivity index is 1.82. The van der Waals surface area contributed by atoms with Gasteiger partial charge in [-0.25, -0.2) is 5.43 Å². The molecule has 0 spiro atoms. The van der Waals surface area contributed by atoms with Gasteiger partial charge in [0.05, 0.1) is 11.1 Å². The molecule has 0 radical (unpaired) electrons. The van der Waals surface area contributed by atoms with Crippen LogP contribution in [0.3, 0.4) is 0 Å². The molecular weight excluding hydrogens is 458 g/mol. The van der Waals surface area contributed by atoms with Gasteiger partial charge in [-0.3, -0.25) is 19.7 Å². The van der Waals surface area contributed by atoms with Gasteiger partial charge in [-0.1, -0.05) is 42.5 Å². The first kappa shape index (κ1) is 25.8. The maximum Gasteiger partial charge on any atom is 0.287 e. The summed E-state index contributed by atoms with van der Waals surface area (Å²) < 4.78 is 0. The van der Waals surface area contributed by atoms with Crippen molar-refractivity contribution in [3.8, 4) is 0 Å². The molecule has 0 aliphatic rings. The smallest absolute Gasteiger partial charge is 0.287 e. The predicted octanol–water partition coefficient (Wildman–Crippen LogP) is 4.36. The molecule has 0 bridgehead atoms. The van der Waals surface area contributed by atoms with Crippen LogP contribution in [-0.2, 0) is 4.79 Å². The molecule has 3 aromatic rings. The van der Waals surface area contributed by atoms with E-state index < -0.39 is 16.7 Å². The molecule has 0 aromatic heterocycles. The van der Waals surface area contributed by atoms with E-state index in [9.17, 15) is 19.7 Å². The fraction of sp³-hybridized carbons (Fsp3) is 0.148. The first-order valence-electron chi connectivity index (χ1n) is 11.4. The van der Waals surface area contributed by atoms with Crippen LogP contribution in [0.5, 0.6) is 0 Å². The highest BCUT2D eigenvalue weighted by atomic mass is 16.6. The zero-order valence-corrected chi connectivity index (χ0v) is 20.0. The average molecular weight is 486 g/mol. The van der Waals surface area contributed by atoms with Gasteiger partial charge in [0.2, 0.25) is 0 Å². The summed E-state index contributed by atoms with van der Waals surface area (Å²) in [6.45, 7) is 5.89. The van der Waals surface area contributed by atoms with Crippen molar-refractivity contribution in [1.29, 1.82) is 0 Å². The Morgan fingerprint density at radius 3 is 2.28 bits per heavy atom. The number of benzene rings is 3. The van der Waals surface area contributed by atoms with E-state index in [2.05, 4.69) is 34.6 Å². The summed E-state index contributed by atoms with van der Waals surface area (Å²) in [4.78, 5) is 38.3. The summed E-state index contributed by atoms with van der Waals surface area (Å²) in [6.07, 6.45) is 2.85. The zero-order valence-electron chi connectivity index (χ0n) is 20.0. The first-order valence-corrected chi connectivity index (χ1v) is 11.4. The maximum absolute atomic E-state index is 12.9. The van der Waals surface area contributed by atoms with E-state index >= 15 is 0 Å². The molecule has 0 unspecified atom stereocenters. The number of rotatable bonds is 10. The van der Waals surface area contributed by atoms with Crippen molar-refractivity contribution in [2.24, 2.45) is 5.10 Å². The molecule has 0 saturated carbocycles.